The molecule has 0 fully saturated rings. The number of ketones is 1. The molecule has 0 aliphatic carbocycles. The highest BCUT2D eigenvalue weighted by Gasteiger charge is 2.50. The molecule has 0 atom stereocenters. The van der Waals surface area contributed by atoms with Gasteiger partial charge in [-0.15, -0.1) is 0 Å². The molecular formula is C26H33IN2O2Si. The highest BCUT2D eigenvalue weighted by Crippen LogP contribution is 2.36. The first-order valence-electron chi connectivity index (χ1n) is 11.1. The molecule has 0 N–H and O–H groups in total. The average Bonchev–Trinajstić information content (AvgIpc) is 3.02. The van der Waals surface area contributed by atoms with Crippen LogP contribution in [0.2, 0.25) is 5.04 Å². The second-order valence-electron chi connectivity index (χ2n) is 9.59. The van der Waals surface area contributed by atoms with Crippen LogP contribution in [0.1, 0.15) is 51.8 Å². The molecule has 0 amide bonds. The Kier molecular flexibility index (Phi) is 7.78. The number of aromatic nitrogens is 2. The maximum absolute atomic E-state index is 13.1. The number of carbonyl (C=O) groups excluding carboxylic acids is 1. The minimum absolute atomic E-state index is 0.0373. The van der Waals surface area contributed by atoms with Gasteiger partial charge in [0, 0.05) is 11.3 Å². The Hall–Kier alpha value is -1.77. The van der Waals surface area contributed by atoms with E-state index >= 15 is 0 Å². The van der Waals surface area contributed by atoms with Gasteiger partial charge in [-0.1, -0.05) is 95.3 Å². The van der Waals surface area contributed by atoms with Crippen molar-refractivity contribution >= 4 is 47.1 Å². The van der Waals surface area contributed by atoms with Crippen molar-refractivity contribution in [1.29, 1.82) is 0 Å². The lowest BCUT2D eigenvalue weighted by atomic mass is 10.1. The largest absolute Gasteiger partial charge is 0.400 e. The summed E-state index contributed by atoms with van der Waals surface area (Å²) in [6, 6.07) is 20.8. The van der Waals surface area contributed by atoms with Gasteiger partial charge < -0.3 is 4.43 Å². The standard InChI is InChI=1S/C26H33IN2O2Si/c1-19(2)24-20(3)29(28-25(24)27)17-21(30)18-31-32(26(4,5)6,22-13-9-7-10-14-22)23-15-11-8-12-16-23/h7-16,19H,17-18H2,1-6H3. The summed E-state index contributed by atoms with van der Waals surface area (Å²) in [5.41, 5.74) is 2.27. The van der Waals surface area contributed by atoms with Gasteiger partial charge in [-0.3, -0.25) is 9.48 Å². The molecule has 0 aliphatic rings. The summed E-state index contributed by atoms with van der Waals surface area (Å²) in [4.78, 5) is 13.1. The lowest BCUT2D eigenvalue weighted by Gasteiger charge is -2.42. The van der Waals surface area contributed by atoms with Crippen molar-refractivity contribution in [3.05, 3.63) is 75.6 Å². The summed E-state index contributed by atoms with van der Waals surface area (Å²) in [6.07, 6.45) is 0. The molecule has 0 unspecified atom stereocenters. The van der Waals surface area contributed by atoms with Crippen molar-refractivity contribution in [2.24, 2.45) is 0 Å². The smallest absolute Gasteiger partial charge is 0.261 e. The van der Waals surface area contributed by atoms with Crippen molar-refractivity contribution < 1.29 is 9.22 Å². The van der Waals surface area contributed by atoms with Crippen LogP contribution in [0.25, 0.3) is 0 Å². The molecule has 6 heteroatoms. The molecule has 0 saturated heterocycles. The van der Waals surface area contributed by atoms with Gasteiger partial charge in [0.1, 0.15) is 10.2 Å². The number of benzene rings is 2. The third-order valence-electron chi connectivity index (χ3n) is 5.98. The second-order valence-corrected chi connectivity index (χ2v) is 14.9. The summed E-state index contributed by atoms with van der Waals surface area (Å²) in [6.45, 7) is 13.3. The Bertz CT molecular complexity index is 1020. The van der Waals surface area contributed by atoms with Crippen LogP contribution in [0.5, 0.6) is 0 Å². The molecule has 0 bridgehead atoms. The van der Waals surface area contributed by atoms with Gasteiger partial charge in [0.15, 0.2) is 5.78 Å². The van der Waals surface area contributed by atoms with E-state index in [9.17, 15) is 4.79 Å². The Labute approximate surface area is 206 Å². The molecular weight excluding hydrogens is 527 g/mol. The fourth-order valence-corrected chi connectivity index (χ4v) is 10.3. The molecule has 1 heterocycles. The van der Waals surface area contributed by atoms with Crippen LogP contribution >= 0.6 is 22.6 Å². The lowest BCUT2D eigenvalue weighted by molar-refractivity contribution is -0.122. The summed E-state index contributed by atoms with van der Waals surface area (Å²) < 4.78 is 9.57. The van der Waals surface area contributed by atoms with E-state index in [2.05, 4.69) is 111 Å². The first-order valence-corrected chi connectivity index (χ1v) is 14.1. The van der Waals surface area contributed by atoms with E-state index < -0.39 is 8.32 Å². The number of rotatable bonds is 8. The van der Waals surface area contributed by atoms with Gasteiger partial charge in [0.05, 0.1) is 6.61 Å². The zero-order valence-corrected chi connectivity index (χ0v) is 23.0. The van der Waals surface area contributed by atoms with E-state index in [1.54, 1.807) is 0 Å². The Balaban J connectivity index is 1.93. The quantitative estimate of drug-likeness (QED) is 0.286. The van der Waals surface area contributed by atoms with E-state index in [1.807, 2.05) is 23.7 Å². The Morgan fingerprint density at radius 1 is 1.03 bits per heavy atom. The number of Topliss-reactive ketones (excluding diaryl/α,β-unsaturated/α-hetero) is 1. The number of halogens is 1. The van der Waals surface area contributed by atoms with Crippen molar-refractivity contribution in [2.75, 3.05) is 6.61 Å². The van der Waals surface area contributed by atoms with E-state index in [0.29, 0.717) is 5.92 Å². The second kappa shape index (κ2) is 10.0. The predicted octanol–water partition coefficient (Wildman–Crippen LogP) is 5.07. The number of hydrogen-bond acceptors (Lipinski definition) is 3. The van der Waals surface area contributed by atoms with Crippen LogP contribution in [-0.2, 0) is 15.8 Å². The minimum atomic E-state index is -2.72. The third kappa shape index (κ3) is 4.92. The monoisotopic (exact) mass is 560 g/mol. The molecule has 0 spiro atoms. The van der Waals surface area contributed by atoms with Crippen LogP contribution in [0.4, 0.5) is 0 Å². The molecule has 0 saturated carbocycles. The Morgan fingerprint density at radius 3 is 1.94 bits per heavy atom. The molecule has 1 aromatic heterocycles. The maximum Gasteiger partial charge on any atom is 0.261 e. The number of hydrogen-bond donors (Lipinski definition) is 0. The Morgan fingerprint density at radius 2 is 1.53 bits per heavy atom. The van der Waals surface area contributed by atoms with Crippen molar-refractivity contribution in [3.8, 4) is 0 Å². The summed E-state index contributed by atoms with van der Waals surface area (Å²) >= 11 is 2.26. The number of nitrogens with zero attached hydrogens (tertiary/aromatic N) is 2. The van der Waals surface area contributed by atoms with Crippen molar-refractivity contribution in [1.82, 2.24) is 9.78 Å². The average molecular weight is 561 g/mol. The van der Waals surface area contributed by atoms with E-state index in [-0.39, 0.29) is 24.0 Å². The van der Waals surface area contributed by atoms with Gasteiger partial charge in [-0.05, 0) is 50.8 Å². The maximum atomic E-state index is 13.1. The molecule has 3 rings (SSSR count). The van der Waals surface area contributed by atoms with Crippen LogP contribution < -0.4 is 10.4 Å². The highest BCUT2D eigenvalue weighted by atomic mass is 127. The zero-order valence-electron chi connectivity index (χ0n) is 19.9. The SMILES string of the molecule is Cc1c(C(C)C)c(I)nn1CC(=O)CO[Si](c1ccccc1)(c1ccccc1)C(C)(C)C. The topological polar surface area (TPSA) is 44.1 Å². The number of carbonyl (C=O) groups is 1. The van der Waals surface area contributed by atoms with Gasteiger partial charge in [-0.2, -0.15) is 5.10 Å². The lowest BCUT2D eigenvalue weighted by Crippen LogP contribution is -2.67. The van der Waals surface area contributed by atoms with Gasteiger partial charge in [-0.25, -0.2) is 0 Å². The van der Waals surface area contributed by atoms with Crippen LogP contribution in [0.15, 0.2) is 60.7 Å². The van der Waals surface area contributed by atoms with E-state index in [4.69, 9.17) is 4.43 Å². The molecule has 3 aromatic rings. The van der Waals surface area contributed by atoms with Crippen molar-refractivity contribution in [3.63, 3.8) is 0 Å². The fraction of sp³-hybridized carbons (Fsp3) is 0.385. The van der Waals surface area contributed by atoms with Crippen LogP contribution in [0.3, 0.4) is 0 Å². The first kappa shape index (κ1) is 24.9. The fourth-order valence-electron chi connectivity index (χ4n) is 4.50. The predicted molar refractivity (Wildman–Crippen MR) is 142 cm³/mol. The highest BCUT2D eigenvalue weighted by molar-refractivity contribution is 14.1. The molecule has 4 nitrogen and oxygen atoms in total. The molecule has 2 aromatic carbocycles. The van der Waals surface area contributed by atoms with Gasteiger partial charge >= 0.3 is 0 Å². The molecule has 170 valence electrons. The van der Waals surface area contributed by atoms with Crippen molar-refractivity contribution in [2.45, 2.75) is 59.0 Å². The zero-order chi connectivity index (χ0) is 23.5. The normalized spacial score (nSPS) is 12.4. The molecule has 0 aliphatic heterocycles. The summed E-state index contributed by atoms with van der Waals surface area (Å²) in [7, 11) is -2.72. The first-order chi connectivity index (χ1) is 15.1. The van der Waals surface area contributed by atoms with E-state index in [0.717, 1.165) is 9.39 Å². The molecule has 32 heavy (non-hydrogen) atoms. The minimum Gasteiger partial charge on any atom is -0.400 e. The van der Waals surface area contributed by atoms with E-state index in [1.165, 1.54) is 15.9 Å². The third-order valence-corrected chi connectivity index (χ3v) is 11.8. The van der Waals surface area contributed by atoms with Crippen LogP contribution in [-0.4, -0.2) is 30.5 Å². The van der Waals surface area contributed by atoms with Gasteiger partial charge in [0.25, 0.3) is 8.32 Å². The summed E-state index contributed by atoms with van der Waals surface area (Å²) in [5.74, 6) is 0.411. The van der Waals surface area contributed by atoms with Gasteiger partial charge in [0.2, 0.25) is 0 Å². The van der Waals surface area contributed by atoms with Crippen LogP contribution in [0, 0.1) is 10.6 Å². The summed E-state index contributed by atoms with van der Waals surface area (Å²) in [5, 5.41) is 6.82. The molecule has 0 radical (unpaired) electrons.